The van der Waals surface area contributed by atoms with Crippen LogP contribution in [-0.2, 0) is 14.8 Å². The Morgan fingerprint density at radius 1 is 0.897 bits per heavy atom. The molecule has 0 aliphatic heterocycles. The lowest BCUT2D eigenvalue weighted by atomic mass is 10.2. The van der Waals surface area contributed by atoms with Crippen LogP contribution >= 0.6 is 46.4 Å². The van der Waals surface area contributed by atoms with Gasteiger partial charge in [-0.05, 0) is 68.4 Å². The third-order valence-electron chi connectivity index (χ3n) is 5.72. The second kappa shape index (κ2) is 12.0. The number of aromatic nitrogens is 1. The smallest absolute Gasteiger partial charge is 0.264 e. The lowest BCUT2D eigenvalue weighted by Crippen LogP contribution is -2.39. The Morgan fingerprint density at radius 3 is 2.05 bits per heavy atom. The molecule has 0 atom stereocenters. The Morgan fingerprint density at radius 2 is 1.46 bits per heavy atom. The van der Waals surface area contributed by atoms with Crippen molar-refractivity contribution in [2.45, 2.75) is 18.7 Å². The molecule has 4 rings (SSSR count). The zero-order valence-corrected chi connectivity index (χ0v) is 24.5. The quantitative estimate of drug-likeness (QED) is 0.169. The van der Waals surface area contributed by atoms with Crippen LogP contribution in [0.4, 0.5) is 5.69 Å². The lowest BCUT2D eigenvalue weighted by molar-refractivity contribution is -0.119. The predicted octanol–water partition coefficient (Wildman–Crippen LogP) is 7.05. The molecule has 202 valence electrons. The van der Waals surface area contributed by atoms with Crippen LogP contribution in [0.5, 0.6) is 0 Å². The first kappa shape index (κ1) is 29.0. The molecule has 0 saturated heterocycles. The number of carbonyl (C=O) groups is 1. The third kappa shape index (κ3) is 6.77. The molecule has 1 aromatic heterocycles. The summed E-state index contributed by atoms with van der Waals surface area (Å²) >= 11 is 24.6. The molecule has 0 bridgehead atoms. The van der Waals surface area contributed by atoms with Gasteiger partial charge in [0.1, 0.15) is 6.54 Å². The van der Waals surface area contributed by atoms with Crippen molar-refractivity contribution in [1.29, 1.82) is 0 Å². The van der Waals surface area contributed by atoms with Gasteiger partial charge in [0.05, 0.1) is 16.8 Å². The highest BCUT2D eigenvalue weighted by molar-refractivity contribution is 7.92. The van der Waals surface area contributed by atoms with Crippen LogP contribution in [-0.4, -0.2) is 31.7 Å². The molecule has 4 aromatic rings. The third-order valence-corrected chi connectivity index (χ3v) is 8.38. The van der Waals surface area contributed by atoms with Gasteiger partial charge in [-0.2, -0.15) is 5.10 Å². The van der Waals surface area contributed by atoms with Gasteiger partial charge in [0.15, 0.2) is 0 Å². The maximum Gasteiger partial charge on any atom is 0.264 e. The molecule has 12 heteroatoms. The topological polar surface area (TPSA) is 83.8 Å². The average molecular weight is 624 g/mol. The number of nitrogens with zero attached hydrogens (tertiary/aromatic N) is 3. The summed E-state index contributed by atoms with van der Waals surface area (Å²) in [6, 6.07) is 19.2. The Hall–Kier alpha value is -3.01. The molecule has 1 heterocycles. The minimum Gasteiger partial charge on any atom is -0.318 e. The van der Waals surface area contributed by atoms with E-state index in [1.165, 1.54) is 36.5 Å². The molecular weight excluding hydrogens is 602 g/mol. The van der Waals surface area contributed by atoms with E-state index >= 15 is 0 Å². The van der Waals surface area contributed by atoms with Gasteiger partial charge in [0, 0.05) is 42.7 Å². The zero-order valence-electron chi connectivity index (χ0n) is 20.7. The second-order valence-corrected chi connectivity index (χ2v) is 12.1. The molecule has 0 aliphatic rings. The number of nitrogens with one attached hydrogen (secondary N) is 1. The van der Waals surface area contributed by atoms with E-state index in [1.54, 1.807) is 36.4 Å². The van der Waals surface area contributed by atoms with Crippen molar-refractivity contribution < 1.29 is 13.2 Å². The number of benzene rings is 3. The second-order valence-electron chi connectivity index (χ2n) is 8.54. The number of hydrogen-bond acceptors (Lipinski definition) is 4. The zero-order chi connectivity index (χ0) is 28.3. The van der Waals surface area contributed by atoms with Crippen molar-refractivity contribution >= 4 is 74.2 Å². The summed E-state index contributed by atoms with van der Waals surface area (Å²) in [6.07, 6.45) is 1.48. The highest BCUT2D eigenvalue weighted by Gasteiger charge is 2.27. The fourth-order valence-electron chi connectivity index (χ4n) is 4.04. The molecule has 3 aromatic carbocycles. The minimum absolute atomic E-state index is 0.00552. The van der Waals surface area contributed by atoms with Crippen molar-refractivity contribution in [1.82, 2.24) is 9.99 Å². The molecule has 1 amide bonds. The van der Waals surface area contributed by atoms with E-state index in [0.29, 0.717) is 10.0 Å². The number of halogens is 4. The summed E-state index contributed by atoms with van der Waals surface area (Å²) in [5.74, 6) is -0.669. The SMILES string of the molecule is Cc1cc(/C=N/NC(=O)CN(c2cc(Cl)cc(Cl)c2)S(=O)(=O)c2ccccc2)c(C)n1-c1cc(Cl)cc(Cl)c1. The van der Waals surface area contributed by atoms with Gasteiger partial charge in [-0.15, -0.1) is 0 Å². The summed E-state index contributed by atoms with van der Waals surface area (Å²) in [6.45, 7) is 3.24. The van der Waals surface area contributed by atoms with Gasteiger partial charge in [-0.25, -0.2) is 13.8 Å². The molecule has 0 unspecified atom stereocenters. The largest absolute Gasteiger partial charge is 0.318 e. The van der Waals surface area contributed by atoms with Crippen molar-refractivity contribution in [2.75, 3.05) is 10.8 Å². The number of carbonyl (C=O) groups excluding carboxylic acids is 1. The van der Waals surface area contributed by atoms with E-state index in [4.69, 9.17) is 46.4 Å². The summed E-state index contributed by atoms with van der Waals surface area (Å²) in [5, 5.41) is 5.51. The van der Waals surface area contributed by atoms with Crippen molar-refractivity contribution in [3.63, 3.8) is 0 Å². The van der Waals surface area contributed by atoms with Crippen LogP contribution in [0.1, 0.15) is 17.0 Å². The van der Waals surface area contributed by atoms with E-state index < -0.39 is 22.5 Å². The predicted molar refractivity (Wildman–Crippen MR) is 158 cm³/mol. The number of hydrogen-bond donors (Lipinski definition) is 1. The molecule has 7 nitrogen and oxygen atoms in total. The fourth-order valence-corrected chi connectivity index (χ4v) is 6.50. The maximum absolute atomic E-state index is 13.5. The Labute approximate surface area is 246 Å². The molecule has 0 aliphatic carbocycles. The van der Waals surface area contributed by atoms with E-state index in [1.807, 2.05) is 24.5 Å². The molecule has 0 radical (unpaired) electrons. The van der Waals surface area contributed by atoms with Crippen LogP contribution in [0.2, 0.25) is 20.1 Å². The molecule has 0 saturated carbocycles. The van der Waals surface area contributed by atoms with E-state index in [9.17, 15) is 13.2 Å². The van der Waals surface area contributed by atoms with Crippen LogP contribution < -0.4 is 9.73 Å². The van der Waals surface area contributed by atoms with Crippen LogP contribution in [0.25, 0.3) is 5.69 Å². The number of aryl methyl sites for hydroxylation is 1. The molecule has 0 fully saturated rings. The normalized spacial score (nSPS) is 11.6. The lowest BCUT2D eigenvalue weighted by Gasteiger charge is -2.24. The van der Waals surface area contributed by atoms with Crippen LogP contribution in [0.15, 0.2) is 82.8 Å². The Balaban J connectivity index is 1.58. The molecular formula is C27H22Cl4N4O3S. The summed E-state index contributed by atoms with van der Waals surface area (Å²) in [4.78, 5) is 12.9. The first-order valence-electron chi connectivity index (χ1n) is 11.5. The number of rotatable bonds is 8. The van der Waals surface area contributed by atoms with E-state index in [2.05, 4.69) is 10.5 Å². The van der Waals surface area contributed by atoms with Gasteiger partial charge in [0.25, 0.3) is 15.9 Å². The van der Waals surface area contributed by atoms with Crippen molar-refractivity contribution in [3.8, 4) is 5.69 Å². The standard InChI is InChI=1S/C27H22Cl4N4O3S/c1-17-8-19(18(2)35(17)25-13-22(30)10-23(31)14-25)15-32-33-27(36)16-34(24-11-20(28)9-21(29)12-24)39(37,38)26-6-4-3-5-7-26/h3-15H,16H2,1-2H3,(H,33,36)/b32-15+. The molecule has 39 heavy (non-hydrogen) atoms. The van der Waals surface area contributed by atoms with Gasteiger partial charge in [0.2, 0.25) is 0 Å². The van der Waals surface area contributed by atoms with Crippen molar-refractivity contribution in [3.05, 3.63) is 110 Å². The fraction of sp³-hybridized carbons (Fsp3) is 0.111. The first-order valence-corrected chi connectivity index (χ1v) is 14.4. The summed E-state index contributed by atoms with van der Waals surface area (Å²) in [5.41, 5.74) is 5.80. The number of anilines is 1. The van der Waals surface area contributed by atoms with Gasteiger partial charge in [-0.3, -0.25) is 9.10 Å². The Kier molecular flexibility index (Phi) is 8.93. The number of hydrazone groups is 1. The number of amides is 1. The first-order chi connectivity index (χ1) is 18.5. The Bertz CT molecular complexity index is 1630. The van der Waals surface area contributed by atoms with Gasteiger partial charge in [-0.1, -0.05) is 64.6 Å². The molecule has 1 N–H and O–H groups in total. The maximum atomic E-state index is 13.5. The minimum atomic E-state index is -4.13. The highest BCUT2D eigenvalue weighted by Crippen LogP contribution is 2.30. The average Bonchev–Trinajstić information content (AvgIpc) is 3.14. The highest BCUT2D eigenvalue weighted by atomic mass is 35.5. The summed E-state index contributed by atoms with van der Waals surface area (Å²) in [7, 11) is -4.13. The number of sulfonamides is 1. The summed E-state index contributed by atoms with van der Waals surface area (Å²) < 4.78 is 29.8. The van der Waals surface area contributed by atoms with Crippen LogP contribution in [0.3, 0.4) is 0 Å². The van der Waals surface area contributed by atoms with Crippen molar-refractivity contribution in [2.24, 2.45) is 5.10 Å². The van der Waals surface area contributed by atoms with Gasteiger partial charge >= 0.3 is 0 Å². The van der Waals surface area contributed by atoms with E-state index in [-0.39, 0.29) is 20.6 Å². The molecule has 0 spiro atoms. The van der Waals surface area contributed by atoms with Crippen LogP contribution in [0, 0.1) is 13.8 Å². The van der Waals surface area contributed by atoms with Gasteiger partial charge < -0.3 is 4.57 Å². The monoisotopic (exact) mass is 622 g/mol. The van der Waals surface area contributed by atoms with E-state index in [0.717, 1.165) is 26.9 Å².